The highest BCUT2D eigenvalue weighted by molar-refractivity contribution is 5.75. The number of hydrogen-bond donors (Lipinski definition) is 1. The number of likely N-dealkylation sites (tertiary alicyclic amines) is 1. The Morgan fingerprint density at radius 2 is 1.52 bits per heavy atom. The van der Waals surface area contributed by atoms with Crippen LogP contribution in [0.15, 0.2) is 60.7 Å². The first-order valence-corrected chi connectivity index (χ1v) is 10.8. The van der Waals surface area contributed by atoms with E-state index in [-0.39, 0.29) is 12.1 Å². The lowest BCUT2D eigenvalue weighted by Crippen LogP contribution is -2.54. The van der Waals surface area contributed by atoms with Gasteiger partial charge >= 0.3 is 6.03 Å². The fraction of sp³-hybridized carbons (Fsp3) is 0.458. The predicted molar refractivity (Wildman–Crippen MR) is 117 cm³/mol. The number of carbonyl (C=O) groups excluding carboxylic acids is 1. The van der Waals surface area contributed by atoms with Gasteiger partial charge in [0.25, 0.3) is 0 Å². The number of rotatable bonds is 5. The standard InChI is InChI=1S/C24H32N4O/c1-26-14-8-13-22(26)19-27-15-17-28(18-16-27)24(29)25-23(20-9-4-2-5-10-20)21-11-6-3-7-12-21/h2-7,9-12,22-23H,8,13-19H2,1H3,(H,25,29)/t22-/m0/s1. The van der Waals surface area contributed by atoms with E-state index in [1.54, 1.807) is 0 Å². The van der Waals surface area contributed by atoms with Crippen LogP contribution in [0.3, 0.4) is 0 Å². The molecule has 154 valence electrons. The van der Waals surface area contributed by atoms with Gasteiger partial charge in [0, 0.05) is 38.8 Å². The number of benzene rings is 2. The van der Waals surface area contributed by atoms with Crippen molar-refractivity contribution < 1.29 is 4.79 Å². The van der Waals surface area contributed by atoms with E-state index in [0.29, 0.717) is 6.04 Å². The highest BCUT2D eigenvalue weighted by atomic mass is 16.2. The summed E-state index contributed by atoms with van der Waals surface area (Å²) < 4.78 is 0. The Morgan fingerprint density at radius 1 is 0.931 bits per heavy atom. The van der Waals surface area contributed by atoms with E-state index < -0.39 is 0 Å². The topological polar surface area (TPSA) is 38.8 Å². The van der Waals surface area contributed by atoms with Crippen molar-refractivity contribution in [1.29, 1.82) is 0 Å². The fourth-order valence-corrected chi connectivity index (χ4v) is 4.51. The summed E-state index contributed by atoms with van der Waals surface area (Å²) in [6, 6.07) is 21.0. The van der Waals surface area contributed by atoms with Crippen LogP contribution in [-0.2, 0) is 0 Å². The molecule has 2 aliphatic rings. The van der Waals surface area contributed by atoms with Crippen molar-refractivity contribution in [3.05, 3.63) is 71.8 Å². The zero-order valence-electron chi connectivity index (χ0n) is 17.3. The maximum atomic E-state index is 13.0. The molecule has 1 N–H and O–H groups in total. The fourth-order valence-electron chi connectivity index (χ4n) is 4.51. The average Bonchev–Trinajstić information content (AvgIpc) is 3.18. The van der Waals surface area contributed by atoms with Crippen molar-refractivity contribution in [3.8, 4) is 0 Å². The van der Waals surface area contributed by atoms with Crippen molar-refractivity contribution in [2.24, 2.45) is 0 Å². The molecule has 2 amide bonds. The first kappa shape index (κ1) is 19.9. The number of amides is 2. The molecule has 0 bridgehead atoms. The number of hydrogen-bond acceptors (Lipinski definition) is 3. The van der Waals surface area contributed by atoms with Gasteiger partial charge in [-0.25, -0.2) is 4.79 Å². The lowest BCUT2D eigenvalue weighted by atomic mass is 9.99. The molecule has 0 radical (unpaired) electrons. The summed E-state index contributed by atoms with van der Waals surface area (Å²) in [6.45, 7) is 5.84. The molecule has 1 atom stereocenters. The second-order valence-electron chi connectivity index (χ2n) is 8.27. The van der Waals surface area contributed by atoms with Gasteiger partial charge in [-0.1, -0.05) is 60.7 Å². The van der Waals surface area contributed by atoms with Gasteiger partial charge in [0.05, 0.1) is 6.04 Å². The molecule has 2 aromatic rings. The summed E-state index contributed by atoms with van der Waals surface area (Å²) >= 11 is 0. The minimum Gasteiger partial charge on any atom is -0.327 e. The monoisotopic (exact) mass is 392 g/mol. The van der Waals surface area contributed by atoms with E-state index in [1.807, 2.05) is 41.3 Å². The number of urea groups is 1. The minimum atomic E-state index is -0.130. The third-order valence-electron chi connectivity index (χ3n) is 6.33. The molecular formula is C24H32N4O. The molecule has 0 saturated carbocycles. The van der Waals surface area contributed by atoms with E-state index in [9.17, 15) is 4.79 Å². The van der Waals surface area contributed by atoms with E-state index in [2.05, 4.69) is 46.4 Å². The Morgan fingerprint density at radius 3 is 2.03 bits per heavy atom. The first-order valence-electron chi connectivity index (χ1n) is 10.8. The summed E-state index contributed by atoms with van der Waals surface area (Å²) in [6.07, 6.45) is 2.61. The molecule has 0 aromatic heterocycles. The quantitative estimate of drug-likeness (QED) is 0.849. The van der Waals surface area contributed by atoms with Crippen molar-refractivity contribution in [1.82, 2.24) is 20.0 Å². The second-order valence-corrected chi connectivity index (χ2v) is 8.27. The van der Waals surface area contributed by atoms with Crippen LogP contribution < -0.4 is 5.32 Å². The van der Waals surface area contributed by atoms with Gasteiger partial charge in [-0.2, -0.15) is 0 Å². The SMILES string of the molecule is CN1CCC[C@H]1CN1CCN(C(=O)NC(c2ccccc2)c2ccccc2)CC1. The molecule has 2 saturated heterocycles. The van der Waals surface area contributed by atoms with Crippen LogP contribution in [0.2, 0.25) is 0 Å². The number of carbonyl (C=O) groups is 1. The predicted octanol–water partition coefficient (Wildman–Crippen LogP) is 3.20. The van der Waals surface area contributed by atoms with Crippen LogP contribution in [0.5, 0.6) is 0 Å². The summed E-state index contributed by atoms with van der Waals surface area (Å²) in [4.78, 5) is 20.0. The molecule has 4 rings (SSSR count). The summed E-state index contributed by atoms with van der Waals surface area (Å²) in [5.41, 5.74) is 2.21. The third-order valence-corrected chi connectivity index (χ3v) is 6.33. The number of likely N-dealkylation sites (N-methyl/N-ethyl adjacent to an activating group) is 1. The lowest BCUT2D eigenvalue weighted by Gasteiger charge is -2.37. The van der Waals surface area contributed by atoms with E-state index >= 15 is 0 Å². The first-order chi connectivity index (χ1) is 14.2. The molecule has 2 aromatic carbocycles. The van der Waals surface area contributed by atoms with Crippen LogP contribution >= 0.6 is 0 Å². The van der Waals surface area contributed by atoms with Gasteiger partial charge in [-0.15, -0.1) is 0 Å². The Bertz CT molecular complexity index is 734. The van der Waals surface area contributed by atoms with Crippen molar-refractivity contribution >= 4 is 6.03 Å². The minimum absolute atomic E-state index is 0.0281. The van der Waals surface area contributed by atoms with Gasteiger partial charge < -0.3 is 15.1 Å². The highest BCUT2D eigenvalue weighted by Crippen LogP contribution is 2.22. The summed E-state index contributed by atoms with van der Waals surface area (Å²) in [7, 11) is 2.23. The van der Waals surface area contributed by atoms with Crippen molar-refractivity contribution in [3.63, 3.8) is 0 Å². The average molecular weight is 393 g/mol. The molecule has 5 nitrogen and oxygen atoms in total. The molecule has 0 spiro atoms. The third kappa shape index (κ3) is 4.98. The molecule has 2 heterocycles. The van der Waals surface area contributed by atoms with Crippen molar-refractivity contribution in [2.75, 3.05) is 46.3 Å². The highest BCUT2D eigenvalue weighted by Gasteiger charge is 2.28. The maximum absolute atomic E-state index is 13.0. The van der Waals surface area contributed by atoms with Crippen LogP contribution in [0.1, 0.15) is 30.0 Å². The number of nitrogens with one attached hydrogen (secondary N) is 1. The Balaban J connectivity index is 1.36. The van der Waals surface area contributed by atoms with E-state index in [4.69, 9.17) is 0 Å². The molecule has 2 aliphatic heterocycles. The zero-order chi connectivity index (χ0) is 20.1. The molecule has 2 fully saturated rings. The Hall–Kier alpha value is -2.37. The molecule has 0 aliphatic carbocycles. The zero-order valence-corrected chi connectivity index (χ0v) is 17.3. The molecular weight excluding hydrogens is 360 g/mol. The normalized spacial score (nSPS) is 20.9. The van der Waals surface area contributed by atoms with Crippen LogP contribution in [-0.4, -0.2) is 73.1 Å². The van der Waals surface area contributed by atoms with Crippen LogP contribution in [0.25, 0.3) is 0 Å². The number of piperazine rings is 1. The van der Waals surface area contributed by atoms with Crippen molar-refractivity contribution in [2.45, 2.75) is 24.9 Å². The van der Waals surface area contributed by atoms with Crippen LogP contribution in [0.4, 0.5) is 4.79 Å². The van der Waals surface area contributed by atoms with Gasteiger partial charge in [0.2, 0.25) is 0 Å². The van der Waals surface area contributed by atoms with Gasteiger partial charge in [-0.3, -0.25) is 4.90 Å². The molecule has 0 unspecified atom stereocenters. The number of nitrogens with zero attached hydrogens (tertiary/aromatic N) is 3. The molecule has 29 heavy (non-hydrogen) atoms. The smallest absolute Gasteiger partial charge is 0.318 e. The van der Waals surface area contributed by atoms with E-state index in [0.717, 1.165) is 43.9 Å². The van der Waals surface area contributed by atoms with E-state index in [1.165, 1.54) is 19.4 Å². The molecule has 5 heteroatoms. The summed E-state index contributed by atoms with van der Waals surface area (Å²) in [5.74, 6) is 0. The second kappa shape index (κ2) is 9.42. The van der Waals surface area contributed by atoms with Crippen LogP contribution in [0, 0.1) is 0 Å². The Labute approximate surface area is 174 Å². The lowest BCUT2D eigenvalue weighted by molar-refractivity contribution is 0.118. The Kier molecular flexibility index (Phi) is 6.47. The van der Waals surface area contributed by atoms with Gasteiger partial charge in [0.15, 0.2) is 0 Å². The van der Waals surface area contributed by atoms with Gasteiger partial charge in [-0.05, 0) is 37.6 Å². The van der Waals surface area contributed by atoms with Gasteiger partial charge in [0.1, 0.15) is 0 Å². The summed E-state index contributed by atoms with van der Waals surface area (Å²) in [5, 5.41) is 3.27. The maximum Gasteiger partial charge on any atom is 0.318 e. The largest absolute Gasteiger partial charge is 0.327 e.